The third-order valence-electron chi connectivity index (χ3n) is 2.80. The average Bonchev–Trinajstić information content (AvgIpc) is 2.37. The molecule has 2 aromatic rings. The standard InChI is InChI=1S/C14H12ClFN2O/c1-8-10(3-2-4-12(8)17)14(19)18-13-7-9(15)5-6-11(13)16/h2-7H,17H2,1H3,(H,18,19). The monoisotopic (exact) mass is 278 g/mol. The van der Waals surface area contributed by atoms with Crippen LogP contribution >= 0.6 is 11.6 Å². The molecule has 19 heavy (non-hydrogen) atoms. The van der Waals surface area contributed by atoms with E-state index in [0.717, 1.165) is 0 Å². The molecule has 0 radical (unpaired) electrons. The van der Waals surface area contributed by atoms with E-state index in [2.05, 4.69) is 5.32 Å². The van der Waals surface area contributed by atoms with Crippen molar-refractivity contribution in [3.63, 3.8) is 0 Å². The molecule has 0 saturated heterocycles. The van der Waals surface area contributed by atoms with Crippen LogP contribution in [-0.2, 0) is 0 Å². The fourth-order valence-electron chi connectivity index (χ4n) is 1.68. The highest BCUT2D eigenvalue weighted by Crippen LogP contribution is 2.22. The van der Waals surface area contributed by atoms with Crippen LogP contribution in [0.5, 0.6) is 0 Å². The van der Waals surface area contributed by atoms with Gasteiger partial charge in [-0.25, -0.2) is 4.39 Å². The zero-order valence-corrected chi connectivity index (χ0v) is 11.0. The van der Waals surface area contributed by atoms with Crippen LogP contribution in [0.1, 0.15) is 15.9 Å². The first-order valence-electron chi connectivity index (χ1n) is 5.60. The van der Waals surface area contributed by atoms with Gasteiger partial charge in [0.05, 0.1) is 5.69 Å². The normalized spacial score (nSPS) is 10.3. The molecule has 2 aromatic carbocycles. The highest BCUT2D eigenvalue weighted by Gasteiger charge is 2.13. The van der Waals surface area contributed by atoms with Gasteiger partial charge in [0.25, 0.3) is 5.91 Å². The maximum atomic E-state index is 13.5. The Kier molecular flexibility index (Phi) is 3.71. The Bertz CT molecular complexity index is 643. The molecule has 98 valence electrons. The SMILES string of the molecule is Cc1c(N)cccc1C(=O)Nc1cc(Cl)ccc1F. The third-order valence-corrected chi connectivity index (χ3v) is 3.03. The quantitative estimate of drug-likeness (QED) is 0.824. The number of hydrogen-bond acceptors (Lipinski definition) is 2. The van der Waals surface area contributed by atoms with Gasteiger partial charge in [-0.05, 0) is 42.8 Å². The van der Waals surface area contributed by atoms with Crippen molar-refractivity contribution in [2.45, 2.75) is 6.92 Å². The van der Waals surface area contributed by atoms with E-state index < -0.39 is 11.7 Å². The maximum absolute atomic E-state index is 13.5. The Hall–Kier alpha value is -2.07. The van der Waals surface area contributed by atoms with Crippen molar-refractivity contribution < 1.29 is 9.18 Å². The number of hydrogen-bond donors (Lipinski definition) is 2. The third kappa shape index (κ3) is 2.85. The van der Waals surface area contributed by atoms with Gasteiger partial charge in [0, 0.05) is 16.3 Å². The molecule has 3 N–H and O–H groups in total. The Morgan fingerprint density at radius 3 is 2.79 bits per heavy atom. The molecule has 0 aliphatic carbocycles. The summed E-state index contributed by atoms with van der Waals surface area (Å²) in [5.41, 5.74) is 7.34. The lowest BCUT2D eigenvalue weighted by Gasteiger charge is -2.10. The number of nitrogens with two attached hydrogens (primary N) is 1. The largest absolute Gasteiger partial charge is 0.398 e. The van der Waals surface area contributed by atoms with Gasteiger partial charge >= 0.3 is 0 Å². The maximum Gasteiger partial charge on any atom is 0.256 e. The number of rotatable bonds is 2. The number of benzene rings is 2. The first-order valence-corrected chi connectivity index (χ1v) is 5.98. The van der Waals surface area contributed by atoms with Crippen LogP contribution in [0.2, 0.25) is 5.02 Å². The number of carbonyl (C=O) groups is 1. The number of carbonyl (C=O) groups excluding carboxylic acids is 1. The van der Waals surface area contributed by atoms with Crippen molar-refractivity contribution >= 4 is 28.9 Å². The molecule has 2 rings (SSSR count). The van der Waals surface area contributed by atoms with Gasteiger partial charge < -0.3 is 11.1 Å². The molecule has 0 fully saturated rings. The summed E-state index contributed by atoms with van der Waals surface area (Å²) >= 11 is 5.76. The zero-order chi connectivity index (χ0) is 14.0. The molecule has 0 aliphatic heterocycles. The molecule has 3 nitrogen and oxygen atoms in total. The minimum atomic E-state index is -0.542. The molecular formula is C14H12ClFN2O. The second kappa shape index (κ2) is 5.28. The predicted molar refractivity (Wildman–Crippen MR) is 75.0 cm³/mol. The summed E-state index contributed by atoms with van der Waals surface area (Å²) in [5, 5.41) is 2.83. The van der Waals surface area contributed by atoms with Crippen LogP contribution in [0.3, 0.4) is 0 Å². The van der Waals surface area contributed by atoms with Crippen LogP contribution in [0.4, 0.5) is 15.8 Å². The Morgan fingerprint density at radius 2 is 2.05 bits per heavy atom. The topological polar surface area (TPSA) is 55.1 Å². The lowest BCUT2D eigenvalue weighted by atomic mass is 10.1. The van der Waals surface area contributed by atoms with E-state index in [1.165, 1.54) is 18.2 Å². The first-order chi connectivity index (χ1) is 8.99. The number of nitrogens with one attached hydrogen (secondary N) is 1. The van der Waals surface area contributed by atoms with Gasteiger partial charge in [0.1, 0.15) is 5.82 Å². The van der Waals surface area contributed by atoms with E-state index in [1.54, 1.807) is 25.1 Å². The van der Waals surface area contributed by atoms with Gasteiger partial charge in [0.2, 0.25) is 0 Å². The van der Waals surface area contributed by atoms with Crippen molar-refractivity contribution in [1.82, 2.24) is 0 Å². The molecule has 0 aromatic heterocycles. The fraction of sp³-hybridized carbons (Fsp3) is 0.0714. The molecule has 0 bridgehead atoms. The zero-order valence-electron chi connectivity index (χ0n) is 10.2. The van der Waals surface area contributed by atoms with Gasteiger partial charge in [-0.1, -0.05) is 17.7 Å². The van der Waals surface area contributed by atoms with E-state index in [-0.39, 0.29) is 5.69 Å². The van der Waals surface area contributed by atoms with Gasteiger partial charge in [0.15, 0.2) is 0 Å². The van der Waals surface area contributed by atoms with Crippen LogP contribution in [0.25, 0.3) is 0 Å². The summed E-state index contributed by atoms with van der Waals surface area (Å²) in [7, 11) is 0. The Labute approximate surface area is 115 Å². The van der Waals surface area contributed by atoms with Crippen molar-refractivity contribution in [3.8, 4) is 0 Å². The molecule has 1 amide bonds. The smallest absolute Gasteiger partial charge is 0.256 e. The fourth-order valence-corrected chi connectivity index (χ4v) is 1.85. The van der Waals surface area contributed by atoms with Gasteiger partial charge in [-0.2, -0.15) is 0 Å². The number of anilines is 2. The summed E-state index contributed by atoms with van der Waals surface area (Å²) in [6.45, 7) is 1.73. The molecule has 0 atom stereocenters. The summed E-state index contributed by atoms with van der Waals surface area (Å²) in [6.07, 6.45) is 0. The molecule has 0 spiro atoms. The van der Waals surface area contributed by atoms with Crippen molar-refractivity contribution in [3.05, 3.63) is 58.4 Å². The van der Waals surface area contributed by atoms with Crippen molar-refractivity contribution in [1.29, 1.82) is 0 Å². The summed E-state index contributed by atoms with van der Waals surface area (Å²) in [5.74, 6) is -0.967. The van der Waals surface area contributed by atoms with E-state index in [4.69, 9.17) is 17.3 Å². The minimum absolute atomic E-state index is 0.0410. The Morgan fingerprint density at radius 1 is 1.32 bits per heavy atom. The number of nitrogen functional groups attached to an aromatic ring is 1. The molecule has 0 unspecified atom stereocenters. The summed E-state index contributed by atoms with van der Waals surface area (Å²) < 4.78 is 13.5. The summed E-state index contributed by atoms with van der Waals surface area (Å²) in [6, 6.07) is 8.97. The average molecular weight is 279 g/mol. The molecule has 0 heterocycles. The highest BCUT2D eigenvalue weighted by molar-refractivity contribution is 6.31. The highest BCUT2D eigenvalue weighted by atomic mass is 35.5. The second-order valence-corrected chi connectivity index (χ2v) is 4.53. The van der Waals surface area contributed by atoms with E-state index in [9.17, 15) is 9.18 Å². The Balaban J connectivity index is 2.31. The van der Waals surface area contributed by atoms with Gasteiger partial charge in [-0.15, -0.1) is 0 Å². The molecule has 5 heteroatoms. The van der Waals surface area contributed by atoms with Crippen LogP contribution < -0.4 is 11.1 Å². The van der Waals surface area contributed by atoms with Crippen molar-refractivity contribution in [2.24, 2.45) is 0 Å². The summed E-state index contributed by atoms with van der Waals surface area (Å²) in [4.78, 5) is 12.1. The molecular weight excluding hydrogens is 267 g/mol. The first kappa shape index (κ1) is 13.4. The van der Waals surface area contributed by atoms with Crippen LogP contribution in [-0.4, -0.2) is 5.91 Å². The van der Waals surface area contributed by atoms with Crippen LogP contribution in [0, 0.1) is 12.7 Å². The van der Waals surface area contributed by atoms with E-state index in [0.29, 0.717) is 21.8 Å². The lowest BCUT2D eigenvalue weighted by molar-refractivity contribution is 0.102. The van der Waals surface area contributed by atoms with Crippen LogP contribution in [0.15, 0.2) is 36.4 Å². The van der Waals surface area contributed by atoms with E-state index in [1.807, 2.05) is 0 Å². The number of amides is 1. The second-order valence-electron chi connectivity index (χ2n) is 4.10. The molecule has 0 aliphatic rings. The van der Waals surface area contributed by atoms with Crippen molar-refractivity contribution in [2.75, 3.05) is 11.1 Å². The molecule has 0 saturated carbocycles. The van der Waals surface area contributed by atoms with Gasteiger partial charge in [-0.3, -0.25) is 4.79 Å². The lowest BCUT2D eigenvalue weighted by Crippen LogP contribution is -2.15. The predicted octanol–water partition coefficient (Wildman–Crippen LogP) is 3.62. The number of halogens is 2. The van der Waals surface area contributed by atoms with E-state index >= 15 is 0 Å². The minimum Gasteiger partial charge on any atom is -0.398 e.